The number of halogens is 2. The first-order valence-corrected chi connectivity index (χ1v) is 8.59. The van der Waals surface area contributed by atoms with E-state index in [0.29, 0.717) is 6.42 Å². The molecule has 0 aliphatic heterocycles. The molecular formula is C14H18F2N2O3S. The fraction of sp³-hybridized carbons (Fsp3) is 0.571. The molecule has 0 amide bonds. The molecule has 0 radical (unpaired) electrons. The average Bonchev–Trinajstić information content (AvgIpc) is 2.34. The quantitative estimate of drug-likeness (QED) is 0.876. The van der Waals surface area contributed by atoms with Gasteiger partial charge in [-0.15, -0.1) is 0 Å². The van der Waals surface area contributed by atoms with Crippen LogP contribution in [0, 0.1) is 17.0 Å². The van der Waals surface area contributed by atoms with Crippen LogP contribution in [-0.4, -0.2) is 27.6 Å². The lowest BCUT2D eigenvalue weighted by atomic mass is 9.50. The van der Waals surface area contributed by atoms with E-state index in [9.17, 15) is 17.2 Å². The summed E-state index contributed by atoms with van der Waals surface area (Å²) in [6, 6.07) is 1.29. The van der Waals surface area contributed by atoms with Crippen molar-refractivity contribution in [1.82, 2.24) is 4.72 Å². The molecule has 0 saturated heterocycles. The van der Waals surface area contributed by atoms with Gasteiger partial charge in [0.05, 0.1) is 7.11 Å². The molecule has 1 spiro atoms. The smallest absolute Gasteiger partial charge is 0.246 e. The third-order valence-corrected chi connectivity index (χ3v) is 6.50. The number of hydrogen-bond acceptors (Lipinski definition) is 4. The molecule has 1 aromatic rings. The van der Waals surface area contributed by atoms with E-state index in [4.69, 9.17) is 10.5 Å². The lowest BCUT2D eigenvalue weighted by Gasteiger charge is -2.60. The number of ether oxygens (including phenoxy) is 1. The van der Waals surface area contributed by atoms with E-state index < -0.39 is 26.6 Å². The van der Waals surface area contributed by atoms with Crippen LogP contribution in [0.3, 0.4) is 0 Å². The second-order valence-electron chi connectivity index (χ2n) is 6.02. The molecule has 2 saturated carbocycles. The molecule has 1 aromatic carbocycles. The number of hydrogen-bond donors (Lipinski definition) is 2. The van der Waals surface area contributed by atoms with Crippen LogP contribution in [0.4, 0.5) is 8.78 Å². The Morgan fingerprint density at radius 3 is 2.32 bits per heavy atom. The van der Waals surface area contributed by atoms with Crippen molar-refractivity contribution >= 4 is 10.0 Å². The Morgan fingerprint density at radius 2 is 1.91 bits per heavy atom. The van der Waals surface area contributed by atoms with Crippen molar-refractivity contribution in [3.05, 3.63) is 23.8 Å². The van der Waals surface area contributed by atoms with Gasteiger partial charge in [-0.3, -0.25) is 0 Å². The molecule has 8 heteroatoms. The van der Waals surface area contributed by atoms with Crippen molar-refractivity contribution in [1.29, 1.82) is 0 Å². The molecule has 22 heavy (non-hydrogen) atoms. The Kier molecular flexibility index (Phi) is 3.65. The molecule has 2 unspecified atom stereocenters. The average molecular weight is 332 g/mol. The molecule has 2 aliphatic carbocycles. The van der Waals surface area contributed by atoms with Crippen LogP contribution in [-0.2, 0) is 10.0 Å². The monoisotopic (exact) mass is 332 g/mol. The largest absolute Gasteiger partial charge is 0.497 e. The fourth-order valence-electron chi connectivity index (χ4n) is 3.45. The van der Waals surface area contributed by atoms with Crippen LogP contribution < -0.4 is 15.2 Å². The second kappa shape index (κ2) is 5.14. The zero-order chi connectivity index (χ0) is 16.1. The highest BCUT2D eigenvalue weighted by atomic mass is 32.2. The number of nitrogens with one attached hydrogen (secondary N) is 1. The van der Waals surface area contributed by atoms with E-state index in [1.807, 2.05) is 0 Å². The first kappa shape index (κ1) is 15.6. The minimum Gasteiger partial charge on any atom is -0.497 e. The van der Waals surface area contributed by atoms with Gasteiger partial charge in [-0.25, -0.2) is 21.9 Å². The highest BCUT2D eigenvalue weighted by Crippen LogP contribution is 2.55. The Hall–Kier alpha value is -1.25. The molecular weight excluding hydrogens is 314 g/mol. The highest BCUT2D eigenvalue weighted by molar-refractivity contribution is 7.89. The maximum Gasteiger partial charge on any atom is 0.246 e. The zero-order valence-corrected chi connectivity index (χ0v) is 12.9. The SMILES string of the molecule is COc1cc(F)c(S(=O)(=O)NC2CC(N)C23CCC3)c(F)c1. The third-order valence-electron chi connectivity index (χ3n) is 4.98. The van der Waals surface area contributed by atoms with Gasteiger partial charge in [0.15, 0.2) is 4.90 Å². The number of benzene rings is 1. The van der Waals surface area contributed by atoms with E-state index in [1.165, 1.54) is 7.11 Å². The molecule has 2 fully saturated rings. The molecule has 0 heterocycles. The van der Waals surface area contributed by atoms with E-state index in [1.54, 1.807) is 0 Å². The van der Waals surface area contributed by atoms with Crippen molar-refractivity contribution in [3.8, 4) is 5.75 Å². The lowest BCUT2D eigenvalue weighted by molar-refractivity contribution is -0.0322. The minimum atomic E-state index is -4.29. The molecule has 2 aliphatic rings. The summed E-state index contributed by atoms with van der Waals surface area (Å²) in [7, 11) is -3.04. The van der Waals surface area contributed by atoms with Gasteiger partial charge in [-0.2, -0.15) is 0 Å². The first-order valence-electron chi connectivity index (χ1n) is 7.11. The number of methoxy groups -OCH3 is 1. The van der Waals surface area contributed by atoms with Gasteiger partial charge >= 0.3 is 0 Å². The summed E-state index contributed by atoms with van der Waals surface area (Å²) in [4.78, 5) is -0.969. The number of sulfonamides is 1. The van der Waals surface area contributed by atoms with Crippen LogP contribution in [0.5, 0.6) is 5.75 Å². The van der Waals surface area contributed by atoms with Gasteiger partial charge in [-0.05, 0) is 19.3 Å². The summed E-state index contributed by atoms with van der Waals surface area (Å²) in [6.45, 7) is 0. The third kappa shape index (κ3) is 2.21. The van der Waals surface area contributed by atoms with Crippen LogP contribution in [0.15, 0.2) is 17.0 Å². The first-order chi connectivity index (χ1) is 10.3. The molecule has 3 rings (SSSR count). The van der Waals surface area contributed by atoms with Crippen molar-refractivity contribution < 1.29 is 21.9 Å². The van der Waals surface area contributed by atoms with Crippen molar-refractivity contribution in [2.75, 3.05) is 7.11 Å². The van der Waals surface area contributed by atoms with E-state index >= 15 is 0 Å². The maximum atomic E-state index is 14.0. The number of nitrogens with two attached hydrogens (primary N) is 1. The highest BCUT2D eigenvalue weighted by Gasteiger charge is 2.57. The van der Waals surface area contributed by atoms with Crippen molar-refractivity contribution in [3.63, 3.8) is 0 Å². The lowest BCUT2D eigenvalue weighted by Crippen LogP contribution is -2.69. The van der Waals surface area contributed by atoms with E-state index in [-0.39, 0.29) is 23.2 Å². The van der Waals surface area contributed by atoms with Crippen molar-refractivity contribution in [2.24, 2.45) is 11.1 Å². The summed E-state index contributed by atoms with van der Waals surface area (Å²) in [5.41, 5.74) is 5.72. The topological polar surface area (TPSA) is 81.4 Å². The molecule has 0 aromatic heterocycles. The zero-order valence-electron chi connectivity index (χ0n) is 12.1. The Morgan fingerprint density at radius 1 is 1.32 bits per heavy atom. The Bertz CT molecular complexity index is 681. The normalized spacial score (nSPS) is 26.4. The summed E-state index contributed by atoms with van der Waals surface area (Å²) in [5.74, 6) is -2.42. The minimum absolute atomic E-state index is 0.0560. The van der Waals surface area contributed by atoms with Crippen LogP contribution >= 0.6 is 0 Å². The Balaban J connectivity index is 1.88. The predicted molar refractivity (Wildman–Crippen MR) is 75.9 cm³/mol. The standard InChI is InChI=1S/C14H18F2N2O3S/c1-21-8-5-9(15)13(10(16)6-8)22(19,20)18-12-7-11(17)14(12)3-2-4-14/h5-6,11-12,18H,2-4,7,17H2,1H3. The van der Waals surface area contributed by atoms with Gasteiger partial charge in [0.2, 0.25) is 10.0 Å². The fourth-order valence-corrected chi connectivity index (χ4v) is 4.90. The van der Waals surface area contributed by atoms with Gasteiger partial charge in [0, 0.05) is 29.6 Å². The second-order valence-corrected chi connectivity index (χ2v) is 7.67. The molecule has 122 valence electrons. The predicted octanol–water partition coefficient (Wildman–Crippen LogP) is 1.52. The number of rotatable bonds is 4. The summed E-state index contributed by atoms with van der Waals surface area (Å²) in [5, 5.41) is 0. The van der Waals surface area contributed by atoms with E-state index in [2.05, 4.69) is 4.72 Å². The molecule has 5 nitrogen and oxygen atoms in total. The van der Waals surface area contributed by atoms with Crippen molar-refractivity contribution in [2.45, 2.75) is 42.7 Å². The van der Waals surface area contributed by atoms with Crippen LogP contribution in [0.25, 0.3) is 0 Å². The van der Waals surface area contributed by atoms with Gasteiger partial charge in [0.25, 0.3) is 0 Å². The summed E-state index contributed by atoms with van der Waals surface area (Å²) in [6.07, 6.45) is 3.17. The summed E-state index contributed by atoms with van der Waals surface area (Å²) < 4.78 is 59.8. The maximum absolute atomic E-state index is 14.0. The molecule has 3 N–H and O–H groups in total. The van der Waals surface area contributed by atoms with Gasteiger partial charge in [-0.1, -0.05) is 6.42 Å². The summed E-state index contributed by atoms with van der Waals surface area (Å²) >= 11 is 0. The van der Waals surface area contributed by atoms with Gasteiger partial charge < -0.3 is 10.5 Å². The molecule has 2 atom stereocenters. The van der Waals surface area contributed by atoms with Crippen LogP contribution in [0.2, 0.25) is 0 Å². The van der Waals surface area contributed by atoms with E-state index in [0.717, 1.165) is 31.4 Å². The molecule has 0 bridgehead atoms. The van der Waals surface area contributed by atoms with Crippen LogP contribution in [0.1, 0.15) is 25.7 Å². The van der Waals surface area contributed by atoms with Gasteiger partial charge in [0.1, 0.15) is 17.4 Å². The Labute approximate surface area is 127 Å².